The fraction of sp³-hybridized carbons (Fsp3) is 0.211. The minimum Gasteiger partial charge on any atom is -0.200 e. The molecule has 0 fully saturated rings. The number of hydrogen-bond acceptors (Lipinski definition) is 0. The van der Waals surface area contributed by atoms with Gasteiger partial charge in [0.1, 0.15) is 7.05 Å². The molecule has 2 aromatic carbocycles. The van der Waals surface area contributed by atoms with Gasteiger partial charge in [0.15, 0.2) is 6.20 Å². The Morgan fingerprint density at radius 2 is 1.70 bits per heavy atom. The van der Waals surface area contributed by atoms with Crippen LogP contribution in [0, 0.1) is 6.92 Å². The third-order valence-electron chi connectivity index (χ3n) is 4.05. The van der Waals surface area contributed by atoms with Crippen molar-refractivity contribution in [3.8, 4) is 11.3 Å². The average molecular weight is 262 g/mol. The van der Waals surface area contributed by atoms with Crippen molar-refractivity contribution in [3.05, 3.63) is 65.9 Å². The Balaban J connectivity index is 2.41. The van der Waals surface area contributed by atoms with Crippen molar-refractivity contribution in [2.24, 2.45) is 7.05 Å². The smallest absolute Gasteiger partial charge is 0.200 e. The molecule has 100 valence electrons. The highest BCUT2D eigenvalue weighted by Crippen LogP contribution is 2.29. The number of benzene rings is 2. The van der Waals surface area contributed by atoms with Crippen molar-refractivity contribution in [1.82, 2.24) is 0 Å². The van der Waals surface area contributed by atoms with Gasteiger partial charge in [-0.2, -0.15) is 0 Å². The van der Waals surface area contributed by atoms with Crippen molar-refractivity contribution in [2.75, 3.05) is 0 Å². The molecule has 0 aliphatic rings. The predicted molar refractivity (Wildman–Crippen MR) is 84.7 cm³/mol. The van der Waals surface area contributed by atoms with E-state index in [1.165, 1.54) is 33.2 Å². The number of pyridine rings is 1. The number of aromatic nitrogens is 1. The quantitative estimate of drug-likeness (QED) is 0.609. The van der Waals surface area contributed by atoms with Gasteiger partial charge in [-0.25, -0.2) is 4.57 Å². The average Bonchev–Trinajstić information content (AvgIpc) is 2.47. The molecule has 1 aromatic heterocycles. The second kappa shape index (κ2) is 5.09. The van der Waals surface area contributed by atoms with E-state index in [0.29, 0.717) is 0 Å². The highest BCUT2D eigenvalue weighted by Gasteiger charge is 2.17. The molecule has 0 bridgehead atoms. The predicted octanol–water partition coefficient (Wildman–Crippen LogP) is 4.20. The lowest BCUT2D eigenvalue weighted by molar-refractivity contribution is -0.659. The Hall–Kier alpha value is -2.15. The molecule has 1 nitrogen and oxygen atoms in total. The molecular weight excluding hydrogens is 242 g/mol. The summed E-state index contributed by atoms with van der Waals surface area (Å²) in [7, 11) is 2.12. The van der Waals surface area contributed by atoms with E-state index in [1.54, 1.807) is 0 Å². The van der Waals surface area contributed by atoms with Crippen LogP contribution >= 0.6 is 0 Å². The molecule has 3 aromatic rings. The molecule has 0 spiro atoms. The standard InChI is InChI=1S/C19H20N/c1-4-15-9-7-11-18-17(15)12-13-20(3)19(18)16-10-6-5-8-14(16)2/h5-13H,4H2,1-3H3/q+1. The lowest BCUT2D eigenvalue weighted by Gasteiger charge is -2.09. The normalized spacial score (nSPS) is 10.9. The van der Waals surface area contributed by atoms with E-state index in [4.69, 9.17) is 0 Å². The van der Waals surface area contributed by atoms with Crippen molar-refractivity contribution in [3.63, 3.8) is 0 Å². The van der Waals surface area contributed by atoms with Crippen molar-refractivity contribution in [1.29, 1.82) is 0 Å². The molecule has 0 unspecified atom stereocenters. The summed E-state index contributed by atoms with van der Waals surface area (Å²) in [4.78, 5) is 0. The highest BCUT2D eigenvalue weighted by atomic mass is 14.9. The first kappa shape index (κ1) is 12.9. The lowest BCUT2D eigenvalue weighted by Crippen LogP contribution is -2.30. The summed E-state index contributed by atoms with van der Waals surface area (Å²) in [6, 6.07) is 17.5. The molecule has 0 atom stereocenters. The van der Waals surface area contributed by atoms with Crippen molar-refractivity contribution < 1.29 is 4.57 Å². The van der Waals surface area contributed by atoms with Crippen LogP contribution in [0.15, 0.2) is 54.7 Å². The van der Waals surface area contributed by atoms with Crippen LogP contribution in [-0.4, -0.2) is 0 Å². The summed E-state index contributed by atoms with van der Waals surface area (Å²) in [5.41, 5.74) is 5.35. The lowest BCUT2D eigenvalue weighted by atomic mass is 9.97. The van der Waals surface area contributed by atoms with E-state index < -0.39 is 0 Å². The second-order valence-corrected chi connectivity index (χ2v) is 5.32. The number of rotatable bonds is 2. The van der Waals surface area contributed by atoms with Gasteiger partial charge in [0.05, 0.1) is 5.39 Å². The van der Waals surface area contributed by atoms with Gasteiger partial charge in [0.25, 0.3) is 0 Å². The Morgan fingerprint density at radius 3 is 2.45 bits per heavy atom. The van der Waals surface area contributed by atoms with Crippen LogP contribution < -0.4 is 4.57 Å². The zero-order valence-electron chi connectivity index (χ0n) is 12.4. The van der Waals surface area contributed by atoms with E-state index in [9.17, 15) is 0 Å². The van der Waals surface area contributed by atoms with Crippen LogP contribution in [-0.2, 0) is 13.5 Å². The summed E-state index contributed by atoms with van der Waals surface area (Å²) in [6.45, 7) is 4.40. The van der Waals surface area contributed by atoms with E-state index >= 15 is 0 Å². The molecule has 0 aliphatic heterocycles. The Kier molecular flexibility index (Phi) is 3.27. The Morgan fingerprint density at radius 1 is 0.900 bits per heavy atom. The molecule has 0 saturated heterocycles. The number of aryl methyl sites for hydroxylation is 3. The molecule has 0 saturated carbocycles. The Bertz CT molecular complexity index is 772. The SMILES string of the molecule is CCc1cccc2c(-c3ccccc3C)[n+](C)ccc12. The molecule has 3 rings (SSSR count). The van der Waals surface area contributed by atoms with E-state index in [-0.39, 0.29) is 0 Å². The molecule has 0 aliphatic carbocycles. The molecule has 1 heterocycles. The minimum atomic E-state index is 1.07. The largest absolute Gasteiger partial charge is 0.220 e. The minimum absolute atomic E-state index is 1.07. The van der Waals surface area contributed by atoms with E-state index in [0.717, 1.165) is 6.42 Å². The summed E-state index contributed by atoms with van der Waals surface area (Å²) < 4.78 is 2.23. The maximum Gasteiger partial charge on any atom is 0.220 e. The number of nitrogens with zero attached hydrogens (tertiary/aromatic N) is 1. The molecule has 1 heteroatoms. The fourth-order valence-corrected chi connectivity index (χ4v) is 2.95. The number of hydrogen-bond donors (Lipinski definition) is 0. The van der Waals surface area contributed by atoms with Gasteiger partial charge in [0, 0.05) is 11.6 Å². The second-order valence-electron chi connectivity index (χ2n) is 5.32. The topological polar surface area (TPSA) is 3.88 Å². The molecule has 0 radical (unpaired) electrons. The maximum atomic E-state index is 2.23. The van der Waals surface area contributed by atoms with Gasteiger partial charge >= 0.3 is 0 Å². The van der Waals surface area contributed by atoms with E-state index in [1.807, 2.05) is 0 Å². The van der Waals surface area contributed by atoms with Crippen LogP contribution in [0.5, 0.6) is 0 Å². The van der Waals surface area contributed by atoms with Crippen LogP contribution in [0.25, 0.3) is 22.0 Å². The maximum absolute atomic E-state index is 2.23. The molecule has 20 heavy (non-hydrogen) atoms. The summed E-state index contributed by atoms with van der Waals surface area (Å²) in [6.07, 6.45) is 3.24. The molecular formula is C19H20N+. The Labute approximate surface area is 120 Å². The highest BCUT2D eigenvalue weighted by molar-refractivity contribution is 5.95. The first-order chi connectivity index (χ1) is 9.72. The first-order valence-electron chi connectivity index (χ1n) is 7.18. The van der Waals surface area contributed by atoms with Gasteiger partial charge in [-0.15, -0.1) is 0 Å². The first-order valence-corrected chi connectivity index (χ1v) is 7.18. The molecule has 0 amide bonds. The third-order valence-corrected chi connectivity index (χ3v) is 4.05. The third kappa shape index (κ3) is 2.00. The van der Waals surface area contributed by atoms with Crippen molar-refractivity contribution >= 4 is 10.8 Å². The molecule has 0 N–H and O–H groups in total. The van der Waals surface area contributed by atoms with Crippen LogP contribution in [0.4, 0.5) is 0 Å². The van der Waals surface area contributed by atoms with Gasteiger partial charge in [0.2, 0.25) is 5.69 Å². The van der Waals surface area contributed by atoms with Crippen LogP contribution in [0.2, 0.25) is 0 Å². The van der Waals surface area contributed by atoms with Crippen molar-refractivity contribution in [2.45, 2.75) is 20.3 Å². The number of fused-ring (bicyclic) bond motifs is 1. The fourth-order valence-electron chi connectivity index (χ4n) is 2.95. The van der Waals surface area contributed by atoms with Crippen LogP contribution in [0.1, 0.15) is 18.1 Å². The van der Waals surface area contributed by atoms with Gasteiger partial charge in [-0.05, 0) is 42.0 Å². The monoisotopic (exact) mass is 262 g/mol. The van der Waals surface area contributed by atoms with Gasteiger partial charge in [-0.1, -0.05) is 37.3 Å². The summed E-state index contributed by atoms with van der Waals surface area (Å²) in [5.74, 6) is 0. The van der Waals surface area contributed by atoms with Crippen LogP contribution in [0.3, 0.4) is 0 Å². The van der Waals surface area contributed by atoms with Gasteiger partial charge in [-0.3, -0.25) is 0 Å². The summed E-state index contributed by atoms with van der Waals surface area (Å²) in [5, 5.41) is 2.70. The van der Waals surface area contributed by atoms with Gasteiger partial charge < -0.3 is 0 Å². The zero-order chi connectivity index (χ0) is 14.1. The summed E-state index contributed by atoms with van der Waals surface area (Å²) >= 11 is 0. The van der Waals surface area contributed by atoms with E-state index in [2.05, 4.69) is 80.2 Å². The zero-order valence-corrected chi connectivity index (χ0v) is 12.4.